The number of benzene rings is 1. The molecule has 1 aromatic carbocycles. The first kappa shape index (κ1) is 20.4. The standard InChI is InChI=1S/C24H27N7O/c1-16-11-18-14-31(15-19(18)12-17(16)2)24-27-6-3-20(29-24)23(32)28-21-13-26-5-4-22(21)30-9-7-25-8-10-30/h3-6,11-13,25H,7-10,14-15H2,1-2H3,(H,28,32). The second-order valence-corrected chi connectivity index (χ2v) is 8.39. The molecule has 2 aliphatic rings. The molecular formula is C24H27N7O. The Morgan fingerprint density at radius 2 is 1.72 bits per heavy atom. The van der Waals surface area contributed by atoms with Crippen LogP contribution in [0.15, 0.2) is 42.9 Å². The Labute approximate surface area is 187 Å². The first-order valence-electron chi connectivity index (χ1n) is 11.0. The summed E-state index contributed by atoms with van der Waals surface area (Å²) in [6, 6.07) is 8.07. The number of hydrogen-bond acceptors (Lipinski definition) is 7. The predicted molar refractivity (Wildman–Crippen MR) is 125 cm³/mol. The minimum Gasteiger partial charge on any atom is -0.367 e. The van der Waals surface area contributed by atoms with Gasteiger partial charge in [0, 0.05) is 51.7 Å². The Kier molecular flexibility index (Phi) is 5.45. The van der Waals surface area contributed by atoms with Gasteiger partial charge < -0.3 is 20.4 Å². The summed E-state index contributed by atoms with van der Waals surface area (Å²) < 4.78 is 0. The highest BCUT2D eigenvalue weighted by molar-refractivity contribution is 6.04. The zero-order valence-corrected chi connectivity index (χ0v) is 18.4. The van der Waals surface area contributed by atoms with Crippen molar-refractivity contribution < 1.29 is 4.79 Å². The van der Waals surface area contributed by atoms with Crippen LogP contribution in [-0.2, 0) is 13.1 Å². The molecular weight excluding hydrogens is 402 g/mol. The van der Waals surface area contributed by atoms with E-state index in [1.54, 1.807) is 24.7 Å². The number of rotatable bonds is 4. The molecule has 2 N–H and O–H groups in total. The molecule has 8 heteroatoms. The molecule has 4 heterocycles. The van der Waals surface area contributed by atoms with Gasteiger partial charge in [-0.1, -0.05) is 12.1 Å². The first-order chi connectivity index (χ1) is 15.6. The van der Waals surface area contributed by atoms with Gasteiger partial charge in [0.2, 0.25) is 5.95 Å². The monoisotopic (exact) mass is 429 g/mol. The summed E-state index contributed by atoms with van der Waals surface area (Å²) in [4.78, 5) is 30.6. The summed E-state index contributed by atoms with van der Waals surface area (Å²) in [5.41, 5.74) is 7.18. The molecule has 1 saturated heterocycles. The van der Waals surface area contributed by atoms with Crippen molar-refractivity contribution in [3.05, 3.63) is 70.8 Å². The van der Waals surface area contributed by atoms with Crippen LogP contribution in [0.3, 0.4) is 0 Å². The smallest absolute Gasteiger partial charge is 0.274 e. The van der Waals surface area contributed by atoms with Gasteiger partial charge in [-0.3, -0.25) is 9.78 Å². The van der Waals surface area contributed by atoms with Crippen LogP contribution in [0.2, 0.25) is 0 Å². The number of aromatic nitrogens is 3. The zero-order valence-electron chi connectivity index (χ0n) is 18.4. The average molecular weight is 430 g/mol. The quantitative estimate of drug-likeness (QED) is 0.659. The number of amides is 1. The maximum atomic E-state index is 13.0. The number of piperazine rings is 1. The van der Waals surface area contributed by atoms with E-state index in [1.165, 1.54) is 22.3 Å². The van der Waals surface area contributed by atoms with Crippen molar-refractivity contribution in [2.75, 3.05) is 41.3 Å². The van der Waals surface area contributed by atoms with Gasteiger partial charge in [0.25, 0.3) is 5.91 Å². The molecule has 1 amide bonds. The maximum Gasteiger partial charge on any atom is 0.274 e. The van der Waals surface area contributed by atoms with Gasteiger partial charge in [0.15, 0.2) is 0 Å². The molecule has 2 aromatic heterocycles. The van der Waals surface area contributed by atoms with Crippen LogP contribution in [0.25, 0.3) is 0 Å². The second kappa shape index (κ2) is 8.55. The number of anilines is 3. The molecule has 164 valence electrons. The van der Waals surface area contributed by atoms with Gasteiger partial charge in [-0.2, -0.15) is 0 Å². The lowest BCUT2D eigenvalue weighted by Gasteiger charge is -2.30. The van der Waals surface area contributed by atoms with E-state index in [4.69, 9.17) is 0 Å². The molecule has 0 bridgehead atoms. The number of nitrogens with zero attached hydrogens (tertiary/aromatic N) is 5. The van der Waals surface area contributed by atoms with Crippen molar-refractivity contribution in [2.24, 2.45) is 0 Å². The van der Waals surface area contributed by atoms with Gasteiger partial charge in [0.05, 0.1) is 17.6 Å². The average Bonchev–Trinajstić information content (AvgIpc) is 3.23. The van der Waals surface area contributed by atoms with Crippen LogP contribution in [0.4, 0.5) is 17.3 Å². The summed E-state index contributed by atoms with van der Waals surface area (Å²) in [5.74, 6) is 0.305. The van der Waals surface area contributed by atoms with E-state index in [2.05, 4.69) is 61.4 Å². The zero-order chi connectivity index (χ0) is 22.1. The van der Waals surface area contributed by atoms with E-state index in [-0.39, 0.29) is 5.91 Å². The third-order valence-corrected chi connectivity index (χ3v) is 6.20. The molecule has 0 atom stereocenters. The fourth-order valence-electron chi connectivity index (χ4n) is 4.32. The molecule has 0 unspecified atom stereocenters. The lowest BCUT2D eigenvalue weighted by atomic mass is 10.0. The molecule has 32 heavy (non-hydrogen) atoms. The number of aryl methyl sites for hydroxylation is 2. The third-order valence-electron chi connectivity index (χ3n) is 6.20. The van der Waals surface area contributed by atoms with Crippen molar-refractivity contribution in [3.8, 4) is 0 Å². The summed E-state index contributed by atoms with van der Waals surface area (Å²) in [5, 5.41) is 6.35. The lowest BCUT2D eigenvalue weighted by Crippen LogP contribution is -2.43. The summed E-state index contributed by atoms with van der Waals surface area (Å²) in [6.07, 6.45) is 5.10. The molecule has 8 nitrogen and oxygen atoms in total. The third kappa shape index (κ3) is 4.01. The molecule has 0 radical (unpaired) electrons. The molecule has 0 spiro atoms. The van der Waals surface area contributed by atoms with Gasteiger partial charge in [-0.15, -0.1) is 0 Å². The molecule has 1 fully saturated rings. The number of carbonyl (C=O) groups excluding carboxylic acids is 1. The van der Waals surface area contributed by atoms with E-state index in [0.29, 0.717) is 17.3 Å². The van der Waals surface area contributed by atoms with Crippen molar-refractivity contribution >= 4 is 23.2 Å². The molecule has 0 aliphatic carbocycles. The van der Waals surface area contributed by atoms with Crippen LogP contribution >= 0.6 is 0 Å². The number of nitrogens with one attached hydrogen (secondary N) is 2. The van der Waals surface area contributed by atoms with Gasteiger partial charge in [-0.25, -0.2) is 9.97 Å². The summed E-state index contributed by atoms with van der Waals surface area (Å²) >= 11 is 0. The van der Waals surface area contributed by atoms with Gasteiger partial charge in [-0.05, 0) is 48.2 Å². The van der Waals surface area contributed by atoms with Gasteiger partial charge >= 0.3 is 0 Å². The highest BCUT2D eigenvalue weighted by Gasteiger charge is 2.23. The van der Waals surface area contributed by atoms with Crippen LogP contribution in [0.1, 0.15) is 32.7 Å². The fraction of sp³-hybridized carbons (Fsp3) is 0.333. The number of carbonyl (C=O) groups is 1. The Bertz CT molecular complexity index is 1130. The highest BCUT2D eigenvalue weighted by Crippen LogP contribution is 2.29. The normalized spacial score (nSPS) is 15.6. The van der Waals surface area contributed by atoms with Crippen LogP contribution < -0.4 is 20.4 Å². The van der Waals surface area contributed by atoms with E-state index < -0.39 is 0 Å². The molecule has 0 saturated carbocycles. The number of pyridine rings is 1. The molecule has 2 aliphatic heterocycles. The van der Waals surface area contributed by atoms with E-state index in [9.17, 15) is 4.79 Å². The van der Waals surface area contributed by atoms with Crippen molar-refractivity contribution in [1.29, 1.82) is 0 Å². The number of hydrogen-bond donors (Lipinski definition) is 2. The predicted octanol–water partition coefficient (Wildman–Crippen LogP) is 2.67. The van der Waals surface area contributed by atoms with Crippen molar-refractivity contribution in [2.45, 2.75) is 26.9 Å². The first-order valence-corrected chi connectivity index (χ1v) is 11.0. The molecule has 5 rings (SSSR count). The van der Waals surface area contributed by atoms with Crippen LogP contribution in [0, 0.1) is 13.8 Å². The van der Waals surface area contributed by atoms with Crippen LogP contribution in [0.5, 0.6) is 0 Å². The Morgan fingerprint density at radius 3 is 2.44 bits per heavy atom. The largest absolute Gasteiger partial charge is 0.367 e. The minimum absolute atomic E-state index is 0.263. The summed E-state index contributed by atoms with van der Waals surface area (Å²) in [7, 11) is 0. The molecule has 3 aromatic rings. The fourth-order valence-corrected chi connectivity index (χ4v) is 4.32. The second-order valence-electron chi connectivity index (χ2n) is 8.39. The Morgan fingerprint density at radius 1 is 1.00 bits per heavy atom. The van der Waals surface area contributed by atoms with E-state index >= 15 is 0 Å². The lowest BCUT2D eigenvalue weighted by molar-refractivity contribution is 0.102. The van der Waals surface area contributed by atoms with Crippen molar-refractivity contribution in [1.82, 2.24) is 20.3 Å². The Hall–Kier alpha value is -3.52. The summed E-state index contributed by atoms with van der Waals surface area (Å²) in [6.45, 7) is 9.37. The van der Waals surface area contributed by atoms with Crippen LogP contribution in [-0.4, -0.2) is 47.0 Å². The Balaban J connectivity index is 1.34. The SMILES string of the molecule is Cc1cc2c(cc1C)CN(c1nccc(C(=O)Nc3cnccc3N3CCNCC3)n1)C2. The highest BCUT2D eigenvalue weighted by atomic mass is 16.1. The van der Waals surface area contributed by atoms with Crippen molar-refractivity contribution in [3.63, 3.8) is 0 Å². The number of fused-ring (bicyclic) bond motifs is 1. The van der Waals surface area contributed by atoms with Gasteiger partial charge in [0.1, 0.15) is 5.69 Å². The maximum absolute atomic E-state index is 13.0. The van der Waals surface area contributed by atoms with E-state index in [1.807, 2.05) is 6.07 Å². The minimum atomic E-state index is -0.263. The topological polar surface area (TPSA) is 86.3 Å². The van der Waals surface area contributed by atoms with E-state index in [0.717, 1.165) is 45.0 Å².